The van der Waals surface area contributed by atoms with Crippen LogP contribution in [0.25, 0.3) is 0 Å². The second kappa shape index (κ2) is 8.93. The van der Waals surface area contributed by atoms with Crippen LogP contribution in [0.1, 0.15) is 16.0 Å². The van der Waals surface area contributed by atoms with Crippen molar-refractivity contribution in [2.75, 3.05) is 20.1 Å². The molecule has 1 aliphatic heterocycles. The number of aliphatic imine (C=N–C) groups is 1. The molecule has 23 heavy (non-hydrogen) atoms. The van der Waals surface area contributed by atoms with Gasteiger partial charge < -0.3 is 21.3 Å². The van der Waals surface area contributed by atoms with E-state index in [9.17, 15) is 0 Å². The average Bonchev–Trinajstić information content (AvgIpc) is 3.04. The monoisotopic (exact) mass is 425 g/mol. The molecule has 0 aliphatic carbocycles. The Balaban J connectivity index is 2.02. The van der Waals surface area contributed by atoms with Crippen molar-refractivity contribution >= 4 is 28.4 Å². The Morgan fingerprint density at radius 2 is 2.22 bits per heavy atom. The summed E-state index contributed by atoms with van der Waals surface area (Å²) in [5.41, 5.74) is 6.77. The molecule has 1 aromatic carbocycles. The minimum atomic E-state index is 0.122. The maximum atomic E-state index is 5.58. The van der Waals surface area contributed by atoms with Gasteiger partial charge in [-0.15, -0.1) is 0 Å². The van der Waals surface area contributed by atoms with Crippen LogP contribution in [-0.4, -0.2) is 36.9 Å². The molecule has 0 saturated carbocycles. The van der Waals surface area contributed by atoms with Crippen molar-refractivity contribution in [2.24, 2.45) is 10.7 Å². The smallest absolute Gasteiger partial charge is 0.132 e. The molecule has 1 fully saturated rings. The molecular formula is C17H24IN5. The van der Waals surface area contributed by atoms with Gasteiger partial charge in [0.25, 0.3) is 0 Å². The molecule has 0 bridgehead atoms. The predicted molar refractivity (Wildman–Crippen MR) is 105 cm³/mol. The van der Waals surface area contributed by atoms with E-state index in [2.05, 4.69) is 61.8 Å². The third-order valence-corrected chi connectivity index (χ3v) is 4.83. The number of likely N-dealkylation sites (tertiary alicyclic amines) is 1. The van der Waals surface area contributed by atoms with Crippen molar-refractivity contribution in [3.05, 3.63) is 60.6 Å². The molecule has 6 heteroatoms. The molecule has 2 atom stereocenters. The van der Waals surface area contributed by atoms with Gasteiger partial charge in [-0.1, -0.05) is 59.5 Å². The second-order valence-corrected chi connectivity index (χ2v) is 6.66. The fourth-order valence-corrected chi connectivity index (χ4v) is 3.30. The highest BCUT2D eigenvalue weighted by molar-refractivity contribution is 14.1. The highest BCUT2D eigenvalue weighted by atomic mass is 127. The summed E-state index contributed by atoms with van der Waals surface area (Å²) >= 11 is 2.34. The van der Waals surface area contributed by atoms with Gasteiger partial charge in [0.1, 0.15) is 15.7 Å². The van der Waals surface area contributed by atoms with Gasteiger partial charge in [0, 0.05) is 19.1 Å². The molecule has 0 unspecified atom stereocenters. The summed E-state index contributed by atoms with van der Waals surface area (Å²) in [6.45, 7) is 5.93. The topological polar surface area (TPSA) is 65.7 Å². The first-order valence-electron chi connectivity index (χ1n) is 7.67. The van der Waals surface area contributed by atoms with Gasteiger partial charge in [0.15, 0.2) is 0 Å². The van der Waals surface area contributed by atoms with Crippen molar-refractivity contribution < 1.29 is 0 Å². The molecule has 1 heterocycles. The fraction of sp³-hybridized carbons (Fsp3) is 0.353. The molecular weight excluding hydrogens is 401 g/mol. The number of likely N-dealkylation sites (N-methyl/N-ethyl adjacent to an activating group) is 1. The van der Waals surface area contributed by atoms with E-state index in [1.807, 2.05) is 31.3 Å². The quantitative estimate of drug-likeness (QED) is 0.215. The Morgan fingerprint density at radius 3 is 2.83 bits per heavy atom. The number of amidine groups is 1. The average molecular weight is 425 g/mol. The first-order chi connectivity index (χ1) is 11.1. The summed E-state index contributed by atoms with van der Waals surface area (Å²) in [4.78, 5) is 6.84. The van der Waals surface area contributed by atoms with E-state index >= 15 is 0 Å². The third kappa shape index (κ3) is 5.24. The molecule has 1 aromatic rings. The van der Waals surface area contributed by atoms with E-state index in [0.717, 1.165) is 25.3 Å². The lowest BCUT2D eigenvalue weighted by Gasteiger charge is -2.20. The number of benzene rings is 1. The molecule has 1 saturated heterocycles. The summed E-state index contributed by atoms with van der Waals surface area (Å²) in [6, 6.07) is 10.7. The van der Waals surface area contributed by atoms with Crippen LogP contribution in [0.15, 0.2) is 60.0 Å². The lowest BCUT2D eigenvalue weighted by atomic mass is 10.2. The molecule has 4 N–H and O–H groups in total. The van der Waals surface area contributed by atoms with Gasteiger partial charge in [-0.2, -0.15) is 0 Å². The fourth-order valence-electron chi connectivity index (χ4n) is 2.53. The van der Waals surface area contributed by atoms with Crippen LogP contribution in [0, 0.1) is 0 Å². The van der Waals surface area contributed by atoms with Crippen LogP contribution in [0.5, 0.6) is 0 Å². The lowest BCUT2D eigenvalue weighted by Crippen LogP contribution is -2.33. The summed E-state index contributed by atoms with van der Waals surface area (Å²) in [5, 5.41) is 6.63. The maximum Gasteiger partial charge on any atom is 0.132 e. The SMILES string of the molecule is C=C(/N=C(\C=C/N)N1CC[C@@H](NC)C1)N[C@H](I)c1ccccc1. The minimum Gasteiger partial charge on any atom is -0.404 e. The van der Waals surface area contributed by atoms with E-state index in [-0.39, 0.29) is 4.05 Å². The Bertz CT molecular complexity index is 570. The van der Waals surface area contributed by atoms with Crippen LogP contribution < -0.4 is 16.4 Å². The van der Waals surface area contributed by atoms with E-state index in [0.29, 0.717) is 11.9 Å². The van der Waals surface area contributed by atoms with Gasteiger partial charge in [0.05, 0.1) is 0 Å². The van der Waals surface area contributed by atoms with Crippen molar-refractivity contribution in [3.8, 4) is 0 Å². The number of nitrogens with two attached hydrogens (primary N) is 1. The molecule has 0 aromatic heterocycles. The molecule has 1 aliphatic rings. The predicted octanol–water partition coefficient (Wildman–Crippen LogP) is 2.35. The largest absolute Gasteiger partial charge is 0.404 e. The lowest BCUT2D eigenvalue weighted by molar-refractivity contribution is 0.494. The molecule has 2 rings (SSSR count). The maximum absolute atomic E-state index is 5.58. The highest BCUT2D eigenvalue weighted by Gasteiger charge is 2.22. The van der Waals surface area contributed by atoms with Gasteiger partial charge in [-0.05, 0) is 31.3 Å². The van der Waals surface area contributed by atoms with E-state index in [1.54, 1.807) is 0 Å². The van der Waals surface area contributed by atoms with E-state index in [4.69, 9.17) is 5.73 Å². The zero-order chi connectivity index (χ0) is 16.7. The number of hydrogen-bond donors (Lipinski definition) is 3. The molecule has 5 nitrogen and oxygen atoms in total. The summed E-state index contributed by atoms with van der Waals surface area (Å²) in [5.74, 6) is 1.48. The number of nitrogens with one attached hydrogen (secondary N) is 2. The summed E-state index contributed by atoms with van der Waals surface area (Å²) in [6.07, 6.45) is 4.46. The second-order valence-electron chi connectivity index (χ2n) is 5.41. The zero-order valence-electron chi connectivity index (χ0n) is 13.4. The third-order valence-electron chi connectivity index (χ3n) is 3.80. The van der Waals surface area contributed by atoms with Crippen LogP contribution in [0.3, 0.4) is 0 Å². The zero-order valence-corrected chi connectivity index (χ0v) is 15.5. The van der Waals surface area contributed by atoms with E-state index < -0.39 is 0 Å². The number of alkyl halides is 1. The van der Waals surface area contributed by atoms with Crippen molar-refractivity contribution in [1.82, 2.24) is 15.5 Å². The molecule has 0 spiro atoms. The summed E-state index contributed by atoms with van der Waals surface area (Å²) in [7, 11) is 1.99. The van der Waals surface area contributed by atoms with E-state index in [1.165, 1.54) is 11.8 Å². The first-order valence-corrected chi connectivity index (χ1v) is 8.92. The van der Waals surface area contributed by atoms with Crippen molar-refractivity contribution in [1.29, 1.82) is 0 Å². The van der Waals surface area contributed by atoms with Crippen LogP contribution >= 0.6 is 22.6 Å². The van der Waals surface area contributed by atoms with Crippen molar-refractivity contribution in [2.45, 2.75) is 16.5 Å². The number of rotatable bonds is 6. The van der Waals surface area contributed by atoms with Gasteiger partial charge in [-0.25, -0.2) is 4.99 Å². The van der Waals surface area contributed by atoms with Crippen molar-refractivity contribution in [3.63, 3.8) is 0 Å². The van der Waals surface area contributed by atoms with Crippen LogP contribution in [0.4, 0.5) is 0 Å². The van der Waals surface area contributed by atoms with Gasteiger partial charge >= 0.3 is 0 Å². The normalized spacial score (nSPS) is 20.0. The van der Waals surface area contributed by atoms with Gasteiger partial charge in [-0.3, -0.25) is 0 Å². The Kier molecular flexibility index (Phi) is 6.91. The standard InChI is InChI=1S/C17H24IN5/c1-13(22-17(18)14-6-4-3-5-7-14)21-16(8-10-19)23-11-9-15(12-23)20-2/h3-8,10,15,17,20,22H,1,9,11-12,19H2,2H3/b10-8-,21-16+/t15-,17+/m1/s1. The summed E-state index contributed by atoms with van der Waals surface area (Å²) < 4.78 is 0.122. The molecule has 0 amide bonds. The molecule has 0 radical (unpaired) electrons. The number of nitrogens with zero attached hydrogens (tertiary/aromatic N) is 2. The Labute approximate surface area is 151 Å². The van der Waals surface area contributed by atoms with Gasteiger partial charge in [0.2, 0.25) is 0 Å². The minimum absolute atomic E-state index is 0.122. The van der Waals surface area contributed by atoms with Crippen LogP contribution in [-0.2, 0) is 0 Å². The first kappa shape index (κ1) is 17.8. The number of halogens is 1. The van der Waals surface area contributed by atoms with Crippen LogP contribution in [0.2, 0.25) is 0 Å². The highest BCUT2D eigenvalue weighted by Crippen LogP contribution is 2.21. The molecule has 124 valence electrons. The Morgan fingerprint density at radius 1 is 1.48 bits per heavy atom. The Hall–Kier alpha value is -1.54. The number of hydrogen-bond acceptors (Lipinski definition) is 4.